The predicted molar refractivity (Wildman–Crippen MR) is 84.7 cm³/mol. The number of hydrogen-bond acceptors (Lipinski definition) is 2. The number of halogens is 2. The fraction of sp³-hybridized carbons (Fsp3) is 0.333. The highest BCUT2D eigenvalue weighted by atomic mass is 79.9. The van der Waals surface area contributed by atoms with E-state index in [0.29, 0.717) is 10.6 Å². The number of carbonyl (C=O) groups excluding carboxylic acids is 1. The van der Waals surface area contributed by atoms with Crippen LogP contribution in [-0.2, 0) is 0 Å². The van der Waals surface area contributed by atoms with Crippen LogP contribution in [0.5, 0.6) is 0 Å². The molecule has 0 bridgehead atoms. The summed E-state index contributed by atoms with van der Waals surface area (Å²) in [5.74, 6) is -0.0365. The van der Waals surface area contributed by atoms with Crippen LogP contribution in [0.15, 0.2) is 27.1 Å². The number of benzene rings is 1. The Morgan fingerprint density at radius 1 is 1.28 bits per heavy atom. The molecule has 1 atom stereocenters. The van der Waals surface area contributed by atoms with Gasteiger partial charge in [-0.15, -0.1) is 0 Å². The normalized spacial score (nSPS) is 12.3. The SMILES string of the molecule is CC(C)C(NC(=O)c1cc(Br)cc(Br)c1)C(N)=S. The molecule has 0 heterocycles. The summed E-state index contributed by atoms with van der Waals surface area (Å²) >= 11 is 11.6. The monoisotopic (exact) mass is 392 g/mol. The molecule has 0 saturated heterocycles. The highest BCUT2D eigenvalue weighted by Gasteiger charge is 2.19. The summed E-state index contributed by atoms with van der Waals surface area (Å²) in [6.45, 7) is 3.92. The van der Waals surface area contributed by atoms with Gasteiger partial charge < -0.3 is 11.1 Å². The second kappa shape index (κ2) is 6.63. The summed E-state index contributed by atoms with van der Waals surface area (Å²) in [6, 6.07) is 5.06. The molecular formula is C12H14Br2N2OS. The average Bonchev–Trinajstić information content (AvgIpc) is 2.23. The molecule has 1 rings (SSSR count). The Morgan fingerprint density at radius 3 is 2.17 bits per heavy atom. The van der Waals surface area contributed by atoms with Crippen LogP contribution in [0.2, 0.25) is 0 Å². The smallest absolute Gasteiger partial charge is 0.251 e. The molecule has 0 spiro atoms. The van der Waals surface area contributed by atoms with Gasteiger partial charge in [0.25, 0.3) is 5.91 Å². The maximum Gasteiger partial charge on any atom is 0.251 e. The minimum Gasteiger partial charge on any atom is -0.392 e. The second-order valence-corrected chi connectivity index (χ2v) is 6.56. The third-order valence-electron chi connectivity index (χ3n) is 2.38. The molecule has 3 nitrogen and oxygen atoms in total. The van der Waals surface area contributed by atoms with Crippen LogP contribution >= 0.6 is 44.1 Å². The highest BCUT2D eigenvalue weighted by molar-refractivity contribution is 9.11. The van der Waals surface area contributed by atoms with Crippen molar-refractivity contribution in [3.05, 3.63) is 32.7 Å². The molecule has 0 saturated carbocycles. The van der Waals surface area contributed by atoms with Crippen LogP contribution < -0.4 is 11.1 Å². The number of thiocarbonyl (C=S) groups is 1. The summed E-state index contributed by atoms with van der Waals surface area (Å²) in [5, 5.41) is 2.84. The third kappa shape index (κ3) is 4.33. The van der Waals surface area contributed by atoms with Crippen molar-refractivity contribution in [1.29, 1.82) is 0 Å². The zero-order valence-electron chi connectivity index (χ0n) is 10.0. The van der Waals surface area contributed by atoms with Gasteiger partial charge in [0, 0.05) is 14.5 Å². The van der Waals surface area contributed by atoms with Gasteiger partial charge >= 0.3 is 0 Å². The lowest BCUT2D eigenvalue weighted by Gasteiger charge is -2.21. The summed E-state index contributed by atoms with van der Waals surface area (Å²) < 4.78 is 1.66. The van der Waals surface area contributed by atoms with Crippen LogP contribution in [0.1, 0.15) is 24.2 Å². The fourth-order valence-electron chi connectivity index (χ4n) is 1.48. The zero-order valence-corrected chi connectivity index (χ0v) is 14.0. The first-order valence-corrected chi connectivity index (χ1v) is 7.37. The first-order valence-electron chi connectivity index (χ1n) is 5.37. The highest BCUT2D eigenvalue weighted by Crippen LogP contribution is 2.20. The molecule has 1 aromatic rings. The van der Waals surface area contributed by atoms with Crippen molar-refractivity contribution in [3.8, 4) is 0 Å². The van der Waals surface area contributed by atoms with E-state index in [1.807, 2.05) is 19.9 Å². The molecule has 0 aliphatic carbocycles. The standard InChI is InChI=1S/C12H14Br2N2OS/c1-6(2)10(11(15)18)16-12(17)7-3-8(13)5-9(14)4-7/h3-6,10H,1-2H3,(H2,15,18)(H,16,17). The molecule has 0 aliphatic rings. The average molecular weight is 394 g/mol. The molecule has 1 amide bonds. The molecule has 3 N–H and O–H groups in total. The topological polar surface area (TPSA) is 55.1 Å². The first kappa shape index (κ1) is 15.6. The number of nitrogens with one attached hydrogen (secondary N) is 1. The van der Waals surface area contributed by atoms with Crippen molar-refractivity contribution in [2.75, 3.05) is 0 Å². The van der Waals surface area contributed by atoms with Gasteiger partial charge in [-0.1, -0.05) is 57.9 Å². The van der Waals surface area contributed by atoms with Crippen molar-refractivity contribution in [3.63, 3.8) is 0 Å². The summed E-state index contributed by atoms with van der Waals surface area (Å²) in [4.78, 5) is 12.4. The van der Waals surface area contributed by atoms with E-state index >= 15 is 0 Å². The van der Waals surface area contributed by atoms with Crippen molar-refractivity contribution in [2.24, 2.45) is 11.7 Å². The van der Waals surface area contributed by atoms with Gasteiger partial charge in [-0.25, -0.2) is 0 Å². The van der Waals surface area contributed by atoms with Gasteiger partial charge in [0.05, 0.1) is 11.0 Å². The Hall–Kier alpha value is -0.460. The fourth-order valence-corrected chi connectivity index (χ4v) is 3.10. The lowest BCUT2D eigenvalue weighted by atomic mass is 10.0. The lowest BCUT2D eigenvalue weighted by molar-refractivity contribution is 0.0939. The zero-order chi connectivity index (χ0) is 13.9. The van der Waals surface area contributed by atoms with Gasteiger partial charge in [0.1, 0.15) is 0 Å². The van der Waals surface area contributed by atoms with Gasteiger partial charge in [-0.2, -0.15) is 0 Å². The minimum atomic E-state index is -0.301. The van der Waals surface area contributed by atoms with E-state index in [2.05, 4.69) is 37.2 Å². The Morgan fingerprint density at radius 2 is 1.78 bits per heavy atom. The van der Waals surface area contributed by atoms with E-state index in [1.54, 1.807) is 12.1 Å². The third-order valence-corrected chi connectivity index (χ3v) is 3.55. The number of nitrogens with two attached hydrogens (primary N) is 1. The number of carbonyl (C=O) groups is 1. The lowest BCUT2D eigenvalue weighted by Crippen LogP contribution is -2.46. The molecule has 0 aromatic heterocycles. The van der Waals surface area contributed by atoms with Crippen molar-refractivity contribution in [2.45, 2.75) is 19.9 Å². The molecule has 0 fully saturated rings. The summed E-state index contributed by atoms with van der Waals surface area (Å²) in [6.07, 6.45) is 0. The molecule has 0 radical (unpaired) electrons. The van der Waals surface area contributed by atoms with Gasteiger partial charge in [-0.05, 0) is 24.1 Å². The van der Waals surface area contributed by atoms with Crippen LogP contribution in [-0.4, -0.2) is 16.9 Å². The largest absolute Gasteiger partial charge is 0.392 e. The molecule has 0 aliphatic heterocycles. The van der Waals surface area contributed by atoms with Crippen LogP contribution in [0.3, 0.4) is 0 Å². The van der Waals surface area contributed by atoms with E-state index < -0.39 is 0 Å². The van der Waals surface area contributed by atoms with Crippen molar-refractivity contribution in [1.82, 2.24) is 5.32 Å². The van der Waals surface area contributed by atoms with Gasteiger partial charge in [0.2, 0.25) is 0 Å². The minimum absolute atomic E-state index is 0.155. The van der Waals surface area contributed by atoms with Crippen LogP contribution in [0.4, 0.5) is 0 Å². The Labute approximate surface area is 129 Å². The molecular weight excluding hydrogens is 380 g/mol. The van der Waals surface area contributed by atoms with E-state index in [-0.39, 0.29) is 17.9 Å². The van der Waals surface area contributed by atoms with Gasteiger partial charge in [0.15, 0.2) is 0 Å². The van der Waals surface area contributed by atoms with Crippen LogP contribution in [0.25, 0.3) is 0 Å². The maximum atomic E-state index is 12.1. The van der Waals surface area contributed by atoms with Crippen molar-refractivity contribution >= 4 is 55.0 Å². The van der Waals surface area contributed by atoms with Crippen LogP contribution in [0, 0.1) is 5.92 Å². The molecule has 6 heteroatoms. The number of hydrogen-bond donors (Lipinski definition) is 2. The number of rotatable bonds is 4. The quantitative estimate of drug-likeness (QED) is 0.772. The maximum absolute atomic E-state index is 12.1. The second-order valence-electron chi connectivity index (χ2n) is 4.26. The van der Waals surface area contributed by atoms with E-state index in [0.717, 1.165) is 8.95 Å². The van der Waals surface area contributed by atoms with Gasteiger partial charge in [-0.3, -0.25) is 4.79 Å². The van der Waals surface area contributed by atoms with E-state index in [4.69, 9.17) is 18.0 Å². The van der Waals surface area contributed by atoms with E-state index in [9.17, 15) is 4.79 Å². The summed E-state index contributed by atoms with van der Waals surface area (Å²) in [7, 11) is 0. The molecule has 1 unspecified atom stereocenters. The first-order chi connectivity index (χ1) is 8.31. The molecule has 1 aromatic carbocycles. The Kier molecular flexibility index (Phi) is 5.75. The van der Waals surface area contributed by atoms with E-state index in [1.165, 1.54) is 0 Å². The van der Waals surface area contributed by atoms with Crippen molar-refractivity contribution < 1.29 is 4.79 Å². The Bertz CT molecular complexity index is 457. The molecule has 98 valence electrons. The molecule has 18 heavy (non-hydrogen) atoms. The number of amides is 1. The summed E-state index contributed by atoms with van der Waals surface area (Å²) in [5.41, 5.74) is 6.18. The Balaban J connectivity index is 2.90. The predicted octanol–water partition coefficient (Wildman–Crippen LogP) is 3.25.